The van der Waals surface area contributed by atoms with Gasteiger partial charge in [0.25, 0.3) is 0 Å². The molecular weight excluding hydrogens is 240 g/mol. The van der Waals surface area contributed by atoms with Gasteiger partial charge in [0, 0.05) is 17.1 Å². The number of nitrogens with zero attached hydrogens (tertiary/aromatic N) is 1. The Kier molecular flexibility index (Phi) is 5.36. The van der Waals surface area contributed by atoms with E-state index in [2.05, 4.69) is 46.9 Å². The van der Waals surface area contributed by atoms with E-state index < -0.39 is 0 Å². The van der Waals surface area contributed by atoms with Gasteiger partial charge in [-0.3, -0.25) is 4.98 Å². The summed E-state index contributed by atoms with van der Waals surface area (Å²) in [6.45, 7) is 3.24. The van der Waals surface area contributed by atoms with Gasteiger partial charge < -0.3 is 5.32 Å². The Labute approximate surface area is 113 Å². The molecule has 1 N–H and O–H groups in total. The van der Waals surface area contributed by atoms with Crippen LogP contribution in [0.4, 0.5) is 0 Å². The maximum absolute atomic E-state index is 4.47. The lowest BCUT2D eigenvalue weighted by molar-refractivity contribution is 0.490. The summed E-state index contributed by atoms with van der Waals surface area (Å²) < 4.78 is 0. The molecule has 0 radical (unpaired) electrons. The summed E-state index contributed by atoms with van der Waals surface area (Å²) in [5, 5.41) is 5.73. The van der Waals surface area contributed by atoms with E-state index >= 15 is 0 Å². The molecule has 0 saturated heterocycles. The molecule has 0 saturated carbocycles. The third-order valence-electron chi connectivity index (χ3n) is 2.95. The Bertz CT molecular complexity index is 425. The Morgan fingerprint density at radius 1 is 1.28 bits per heavy atom. The normalized spacial score (nSPS) is 12.5. The van der Waals surface area contributed by atoms with E-state index in [9.17, 15) is 0 Å². The quantitative estimate of drug-likeness (QED) is 0.818. The molecule has 2 heterocycles. The molecule has 2 nitrogen and oxygen atoms in total. The van der Waals surface area contributed by atoms with Crippen molar-refractivity contribution >= 4 is 11.3 Å². The van der Waals surface area contributed by atoms with Gasteiger partial charge in [0.05, 0.1) is 5.69 Å². The fourth-order valence-electron chi connectivity index (χ4n) is 2.00. The Morgan fingerprint density at radius 2 is 2.22 bits per heavy atom. The monoisotopic (exact) mass is 260 g/mol. The summed E-state index contributed by atoms with van der Waals surface area (Å²) in [6, 6.07) is 10.8. The van der Waals surface area contributed by atoms with Crippen molar-refractivity contribution in [2.75, 3.05) is 6.54 Å². The number of thiophene rings is 1. The Balaban J connectivity index is 1.96. The molecule has 18 heavy (non-hydrogen) atoms. The predicted octanol–water partition coefficient (Wildman–Crippen LogP) is 3.82. The van der Waals surface area contributed by atoms with E-state index in [4.69, 9.17) is 0 Å². The van der Waals surface area contributed by atoms with E-state index in [1.807, 2.05) is 23.6 Å². The first kappa shape index (κ1) is 13.2. The largest absolute Gasteiger partial charge is 0.309 e. The standard InChI is InChI=1S/C15H20N2S/c1-2-10-16-15(14-7-3-4-11-17-14)9-8-13-6-5-12-18-13/h3-7,11-12,15-16H,2,8-10H2,1H3. The van der Waals surface area contributed by atoms with Crippen LogP contribution in [0.2, 0.25) is 0 Å². The maximum atomic E-state index is 4.47. The highest BCUT2D eigenvalue weighted by Crippen LogP contribution is 2.19. The summed E-state index contributed by atoms with van der Waals surface area (Å²) >= 11 is 1.84. The number of nitrogens with one attached hydrogen (secondary N) is 1. The molecule has 0 aliphatic carbocycles. The van der Waals surface area contributed by atoms with E-state index in [1.165, 1.54) is 4.88 Å². The summed E-state index contributed by atoms with van der Waals surface area (Å²) in [6.07, 6.45) is 5.26. The highest BCUT2D eigenvalue weighted by molar-refractivity contribution is 7.09. The summed E-state index contributed by atoms with van der Waals surface area (Å²) in [4.78, 5) is 5.93. The predicted molar refractivity (Wildman–Crippen MR) is 77.9 cm³/mol. The highest BCUT2D eigenvalue weighted by Gasteiger charge is 2.11. The van der Waals surface area contributed by atoms with Crippen molar-refractivity contribution in [1.82, 2.24) is 10.3 Å². The Hall–Kier alpha value is -1.19. The third kappa shape index (κ3) is 3.93. The van der Waals surface area contributed by atoms with Gasteiger partial charge in [0.2, 0.25) is 0 Å². The average molecular weight is 260 g/mol. The van der Waals surface area contributed by atoms with Crippen molar-refractivity contribution in [3.05, 3.63) is 52.5 Å². The van der Waals surface area contributed by atoms with Gasteiger partial charge in [-0.15, -0.1) is 11.3 Å². The topological polar surface area (TPSA) is 24.9 Å². The van der Waals surface area contributed by atoms with Crippen molar-refractivity contribution in [2.24, 2.45) is 0 Å². The van der Waals surface area contributed by atoms with E-state index in [0.717, 1.165) is 31.5 Å². The lowest BCUT2D eigenvalue weighted by Gasteiger charge is -2.17. The summed E-state index contributed by atoms with van der Waals surface area (Å²) in [5.74, 6) is 0. The molecule has 0 bridgehead atoms. The zero-order chi connectivity index (χ0) is 12.6. The number of pyridine rings is 1. The van der Waals surface area contributed by atoms with E-state index in [1.54, 1.807) is 0 Å². The minimum atomic E-state index is 0.369. The van der Waals surface area contributed by atoms with Crippen LogP contribution in [0.1, 0.15) is 36.4 Å². The molecular formula is C15H20N2S. The van der Waals surface area contributed by atoms with Crippen molar-refractivity contribution in [1.29, 1.82) is 0 Å². The molecule has 96 valence electrons. The van der Waals surface area contributed by atoms with Crippen LogP contribution in [0.3, 0.4) is 0 Å². The van der Waals surface area contributed by atoms with Crippen molar-refractivity contribution in [3.8, 4) is 0 Å². The molecule has 0 fully saturated rings. The van der Waals surface area contributed by atoms with E-state index in [-0.39, 0.29) is 0 Å². The van der Waals surface area contributed by atoms with E-state index in [0.29, 0.717) is 6.04 Å². The van der Waals surface area contributed by atoms with Gasteiger partial charge in [-0.1, -0.05) is 19.1 Å². The van der Waals surface area contributed by atoms with Gasteiger partial charge in [-0.25, -0.2) is 0 Å². The van der Waals surface area contributed by atoms with Crippen LogP contribution in [0.25, 0.3) is 0 Å². The SMILES string of the molecule is CCCNC(CCc1cccs1)c1ccccn1. The minimum absolute atomic E-state index is 0.369. The molecule has 0 aromatic carbocycles. The highest BCUT2D eigenvalue weighted by atomic mass is 32.1. The smallest absolute Gasteiger partial charge is 0.0573 e. The second-order valence-corrected chi connectivity index (χ2v) is 5.41. The number of hydrogen-bond acceptors (Lipinski definition) is 3. The first-order valence-electron chi connectivity index (χ1n) is 6.57. The van der Waals surface area contributed by atoms with Crippen molar-refractivity contribution in [3.63, 3.8) is 0 Å². The van der Waals surface area contributed by atoms with Crippen LogP contribution in [0.15, 0.2) is 41.9 Å². The first-order chi connectivity index (χ1) is 8.90. The third-order valence-corrected chi connectivity index (χ3v) is 3.88. The molecule has 0 aliphatic heterocycles. The number of hydrogen-bond donors (Lipinski definition) is 1. The van der Waals surface area contributed by atoms with Gasteiger partial charge >= 0.3 is 0 Å². The number of aryl methyl sites for hydroxylation is 1. The van der Waals surface area contributed by atoms with Crippen LogP contribution >= 0.6 is 11.3 Å². The second-order valence-electron chi connectivity index (χ2n) is 4.38. The van der Waals surface area contributed by atoms with Gasteiger partial charge in [0.15, 0.2) is 0 Å². The Morgan fingerprint density at radius 3 is 2.89 bits per heavy atom. The fourth-order valence-corrected chi connectivity index (χ4v) is 2.72. The van der Waals surface area contributed by atoms with Crippen molar-refractivity contribution in [2.45, 2.75) is 32.2 Å². The zero-order valence-corrected chi connectivity index (χ0v) is 11.6. The van der Waals surface area contributed by atoms with Crippen LogP contribution in [-0.4, -0.2) is 11.5 Å². The summed E-state index contributed by atoms with van der Waals surface area (Å²) in [7, 11) is 0. The van der Waals surface area contributed by atoms with Gasteiger partial charge in [-0.05, 0) is 49.4 Å². The second kappa shape index (κ2) is 7.29. The zero-order valence-electron chi connectivity index (χ0n) is 10.8. The van der Waals surface area contributed by atoms with Crippen LogP contribution in [0.5, 0.6) is 0 Å². The molecule has 3 heteroatoms. The van der Waals surface area contributed by atoms with Crippen LogP contribution in [0, 0.1) is 0 Å². The average Bonchev–Trinajstić information content (AvgIpc) is 2.93. The molecule has 0 amide bonds. The van der Waals surface area contributed by atoms with Crippen LogP contribution in [-0.2, 0) is 6.42 Å². The molecule has 2 rings (SSSR count). The maximum Gasteiger partial charge on any atom is 0.0573 e. The lowest BCUT2D eigenvalue weighted by atomic mass is 10.1. The van der Waals surface area contributed by atoms with Gasteiger partial charge in [0.1, 0.15) is 0 Å². The number of rotatable bonds is 7. The molecule has 2 aromatic rings. The minimum Gasteiger partial charge on any atom is -0.309 e. The molecule has 1 atom stereocenters. The van der Waals surface area contributed by atoms with Crippen molar-refractivity contribution < 1.29 is 0 Å². The van der Waals surface area contributed by atoms with Gasteiger partial charge in [-0.2, -0.15) is 0 Å². The molecule has 2 aromatic heterocycles. The van der Waals surface area contributed by atoms with Crippen LogP contribution < -0.4 is 5.32 Å². The molecule has 0 aliphatic rings. The summed E-state index contributed by atoms with van der Waals surface area (Å²) in [5.41, 5.74) is 1.16. The fraction of sp³-hybridized carbons (Fsp3) is 0.400. The molecule has 0 spiro atoms. The number of aromatic nitrogens is 1. The lowest BCUT2D eigenvalue weighted by Crippen LogP contribution is -2.23. The molecule has 1 unspecified atom stereocenters. The first-order valence-corrected chi connectivity index (χ1v) is 7.45.